The molecule has 0 aromatic carbocycles. The summed E-state index contributed by atoms with van der Waals surface area (Å²) < 4.78 is 0. The van der Waals surface area contributed by atoms with Gasteiger partial charge in [-0.3, -0.25) is 9.59 Å². The standard InChI is InChI=1S/C16H27N3O2/c1-17-8-10-19(11-9-17)16(21)14-12-13(14)15(20)18-6-4-2-3-5-7-18/h13-14H,2-12H2,1H3. The Morgan fingerprint density at radius 2 is 1.19 bits per heavy atom. The maximum atomic E-state index is 12.5. The van der Waals surface area contributed by atoms with Crippen molar-refractivity contribution in [2.45, 2.75) is 32.1 Å². The first-order valence-corrected chi connectivity index (χ1v) is 8.43. The lowest BCUT2D eigenvalue weighted by molar-refractivity contribution is -0.138. The summed E-state index contributed by atoms with van der Waals surface area (Å²) in [5, 5.41) is 0. The summed E-state index contributed by atoms with van der Waals surface area (Å²) in [5.74, 6) is 0.417. The van der Waals surface area contributed by atoms with E-state index in [1.807, 2.05) is 9.80 Å². The monoisotopic (exact) mass is 293 g/mol. The third-order valence-corrected chi connectivity index (χ3v) is 5.16. The third-order valence-electron chi connectivity index (χ3n) is 5.16. The van der Waals surface area contributed by atoms with Crippen LogP contribution in [0.5, 0.6) is 0 Å². The van der Waals surface area contributed by atoms with Gasteiger partial charge in [0, 0.05) is 39.3 Å². The van der Waals surface area contributed by atoms with Crippen LogP contribution in [0.3, 0.4) is 0 Å². The fraction of sp³-hybridized carbons (Fsp3) is 0.875. The molecular weight excluding hydrogens is 266 g/mol. The van der Waals surface area contributed by atoms with Gasteiger partial charge in [0.05, 0.1) is 11.8 Å². The average Bonchev–Trinajstić information content (AvgIpc) is 3.30. The van der Waals surface area contributed by atoms with Crippen LogP contribution >= 0.6 is 0 Å². The fourth-order valence-electron chi connectivity index (χ4n) is 3.53. The lowest BCUT2D eigenvalue weighted by atomic mass is 10.2. The van der Waals surface area contributed by atoms with Crippen LogP contribution in [-0.2, 0) is 9.59 Å². The molecule has 2 amide bonds. The van der Waals surface area contributed by atoms with Gasteiger partial charge in [-0.15, -0.1) is 0 Å². The first-order chi connectivity index (χ1) is 10.2. The van der Waals surface area contributed by atoms with Crippen molar-refractivity contribution in [2.75, 3.05) is 46.3 Å². The van der Waals surface area contributed by atoms with Gasteiger partial charge in [-0.1, -0.05) is 12.8 Å². The summed E-state index contributed by atoms with van der Waals surface area (Å²) in [5.41, 5.74) is 0. The number of likely N-dealkylation sites (N-methyl/N-ethyl adjacent to an activating group) is 1. The zero-order valence-electron chi connectivity index (χ0n) is 13.1. The summed E-state index contributed by atoms with van der Waals surface area (Å²) in [6.07, 6.45) is 5.49. The van der Waals surface area contributed by atoms with E-state index >= 15 is 0 Å². The molecule has 2 heterocycles. The summed E-state index contributed by atoms with van der Waals surface area (Å²) in [6, 6.07) is 0. The van der Waals surface area contributed by atoms with Gasteiger partial charge in [-0.2, -0.15) is 0 Å². The summed E-state index contributed by atoms with van der Waals surface area (Å²) in [6.45, 7) is 5.31. The molecule has 1 aliphatic carbocycles. The highest BCUT2D eigenvalue weighted by Crippen LogP contribution is 2.41. The van der Waals surface area contributed by atoms with Crippen LogP contribution < -0.4 is 0 Å². The molecule has 0 radical (unpaired) electrons. The molecule has 3 fully saturated rings. The number of carbonyl (C=O) groups excluding carboxylic acids is 2. The molecule has 0 N–H and O–H groups in total. The topological polar surface area (TPSA) is 43.9 Å². The molecule has 2 saturated heterocycles. The maximum absolute atomic E-state index is 12.5. The molecule has 0 spiro atoms. The Morgan fingerprint density at radius 1 is 0.714 bits per heavy atom. The highest BCUT2D eigenvalue weighted by atomic mass is 16.2. The summed E-state index contributed by atoms with van der Waals surface area (Å²) >= 11 is 0. The van der Waals surface area contributed by atoms with E-state index in [4.69, 9.17) is 0 Å². The zero-order chi connectivity index (χ0) is 14.8. The van der Waals surface area contributed by atoms with Crippen LogP contribution in [0.1, 0.15) is 32.1 Å². The highest BCUT2D eigenvalue weighted by Gasteiger charge is 2.50. The minimum absolute atomic E-state index is 0.0183. The van der Waals surface area contributed by atoms with E-state index < -0.39 is 0 Å². The van der Waals surface area contributed by atoms with Crippen molar-refractivity contribution in [3.63, 3.8) is 0 Å². The van der Waals surface area contributed by atoms with Gasteiger partial charge in [-0.25, -0.2) is 0 Å². The molecule has 118 valence electrons. The van der Waals surface area contributed by atoms with E-state index in [9.17, 15) is 9.59 Å². The minimum atomic E-state index is -0.0239. The van der Waals surface area contributed by atoms with Gasteiger partial charge in [0.15, 0.2) is 0 Å². The second-order valence-electron chi connectivity index (χ2n) is 6.82. The second-order valence-corrected chi connectivity index (χ2v) is 6.82. The first-order valence-electron chi connectivity index (χ1n) is 8.43. The van der Waals surface area contributed by atoms with Crippen LogP contribution in [0.2, 0.25) is 0 Å². The second kappa shape index (κ2) is 6.34. The number of piperazine rings is 1. The van der Waals surface area contributed by atoms with Crippen molar-refractivity contribution < 1.29 is 9.59 Å². The van der Waals surface area contributed by atoms with Gasteiger partial charge in [-0.05, 0) is 26.3 Å². The van der Waals surface area contributed by atoms with E-state index in [0.717, 1.165) is 58.5 Å². The Hall–Kier alpha value is -1.10. The molecule has 21 heavy (non-hydrogen) atoms. The Bertz CT molecular complexity index is 396. The van der Waals surface area contributed by atoms with Crippen LogP contribution in [0.25, 0.3) is 0 Å². The number of nitrogens with zero attached hydrogens (tertiary/aromatic N) is 3. The van der Waals surface area contributed by atoms with E-state index in [1.54, 1.807) is 0 Å². The van der Waals surface area contributed by atoms with Crippen molar-refractivity contribution in [1.29, 1.82) is 0 Å². The minimum Gasteiger partial charge on any atom is -0.342 e. The molecule has 2 aliphatic heterocycles. The third kappa shape index (κ3) is 3.39. The Morgan fingerprint density at radius 3 is 1.71 bits per heavy atom. The van der Waals surface area contributed by atoms with Crippen molar-refractivity contribution in [3.05, 3.63) is 0 Å². The van der Waals surface area contributed by atoms with Crippen molar-refractivity contribution >= 4 is 11.8 Å². The lowest BCUT2D eigenvalue weighted by Gasteiger charge is -2.32. The number of likely N-dealkylation sites (tertiary alicyclic amines) is 1. The van der Waals surface area contributed by atoms with Crippen molar-refractivity contribution in [2.24, 2.45) is 11.8 Å². The molecule has 2 unspecified atom stereocenters. The van der Waals surface area contributed by atoms with Gasteiger partial charge >= 0.3 is 0 Å². The van der Waals surface area contributed by atoms with Crippen LogP contribution in [0.15, 0.2) is 0 Å². The molecule has 2 atom stereocenters. The number of hydrogen-bond acceptors (Lipinski definition) is 3. The molecule has 3 aliphatic rings. The van der Waals surface area contributed by atoms with Crippen LogP contribution in [-0.4, -0.2) is 72.8 Å². The SMILES string of the molecule is CN1CCN(C(=O)C2CC2C(=O)N2CCCCCC2)CC1. The van der Waals surface area contributed by atoms with E-state index in [1.165, 1.54) is 12.8 Å². The van der Waals surface area contributed by atoms with E-state index in [-0.39, 0.29) is 23.7 Å². The summed E-state index contributed by atoms with van der Waals surface area (Å²) in [4.78, 5) is 31.2. The Balaban J connectivity index is 1.50. The molecule has 5 heteroatoms. The summed E-state index contributed by atoms with van der Waals surface area (Å²) in [7, 11) is 2.09. The van der Waals surface area contributed by atoms with Crippen LogP contribution in [0.4, 0.5) is 0 Å². The molecule has 5 nitrogen and oxygen atoms in total. The molecule has 0 aromatic heterocycles. The quantitative estimate of drug-likeness (QED) is 0.756. The molecule has 3 rings (SSSR count). The van der Waals surface area contributed by atoms with Gasteiger partial charge in [0.25, 0.3) is 0 Å². The number of amides is 2. The van der Waals surface area contributed by atoms with Crippen molar-refractivity contribution in [3.8, 4) is 0 Å². The molecule has 1 saturated carbocycles. The zero-order valence-corrected chi connectivity index (χ0v) is 13.1. The molecule has 0 aromatic rings. The predicted octanol–water partition coefficient (Wildman–Crippen LogP) is 0.799. The van der Waals surface area contributed by atoms with Crippen LogP contribution in [0, 0.1) is 11.8 Å². The van der Waals surface area contributed by atoms with Gasteiger partial charge < -0.3 is 14.7 Å². The predicted molar refractivity (Wildman–Crippen MR) is 80.7 cm³/mol. The molecule has 0 bridgehead atoms. The normalized spacial score (nSPS) is 30.9. The van der Waals surface area contributed by atoms with E-state index in [2.05, 4.69) is 11.9 Å². The molecular formula is C16H27N3O2. The number of hydrogen-bond donors (Lipinski definition) is 0. The van der Waals surface area contributed by atoms with E-state index in [0.29, 0.717) is 0 Å². The Labute approximate surface area is 127 Å². The van der Waals surface area contributed by atoms with Crippen molar-refractivity contribution in [1.82, 2.24) is 14.7 Å². The van der Waals surface area contributed by atoms with Gasteiger partial charge in [0.1, 0.15) is 0 Å². The first kappa shape index (κ1) is 14.8. The largest absolute Gasteiger partial charge is 0.342 e. The lowest BCUT2D eigenvalue weighted by Crippen LogP contribution is -2.48. The average molecular weight is 293 g/mol. The fourth-order valence-corrected chi connectivity index (χ4v) is 3.53. The number of rotatable bonds is 2. The Kier molecular flexibility index (Phi) is 4.48. The van der Waals surface area contributed by atoms with Gasteiger partial charge in [0.2, 0.25) is 11.8 Å². The smallest absolute Gasteiger partial charge is 0.226 e. The maximum Gasteiger partial charge on any atom is 0.226 e. The number of carbonyl (C=O) groups is 2. The highest BCUT2D eigenvalue weighted by molar-refractivity contribution is 5.92.